The Morgan fingerprint density at radius 1 is 1.25 bits per heavy atom. The summed E-state index contributed by atoms with van der Waals surface area (Å²) in [6, 6.07) is 2.45. The van der Waals surface area contributed by atoms with Crippen LogP contribution in [0.25, 0.3) is 0 Å². The fraction of sp³-hybridized carbons (Fsp3) is 0.600. The smallest absolute Gasteiger partial charge is 0.0625 e. The summed E-state index contributed by atoms with van der Waals surface area (Å²) in [5.41, 5.74) is 3.71. The zero-order chi connectivity index (χ0) is 14.5. The third-order valence-corrected chi connectivity index (χ3v) is 3.91. The minimum absolute atomic E-state index is 0.484. The van der Waals surface area contributed by atoms with Crippen LogP contribution in [-0.2, 0) is 13.1 Å². The molecule has 2 heterocycles. The Balaban J connectivity index is 1.71. The lowest BCUT2D eigenvalue weighted by Crippen LogP contribution is -2.30. The molecule has 0 bridgehead atoms. The minimum Gasteiger partial charge on any atom is -0.312 e. The molecular weight excluding hydrogens is 250 g/mol. The van der Waals surface area contributed by atoms with Crippen molar-refractivity contribution in [3.05, 3.63) is 35.4 Å². The maximum Gasteiger partial charge on any atom is 0.0625 e. The second-order valence-corrected chi connectivity index (χ2v) is 5.43. The number of hydrogen-bond donors (Lipinski definition) is 1. The van der Waals surface area contributed by atoms with Gasteiger partial charge in [0, 0.05) is 37.2 Å². The maximum atomic E-state index is 4.56. The summed E-state index contributed by atoms with van der Waals surface area (Å²) in [7, 11) is 0. The maximum absolute atomic E-state index is 4.56. The van der Waals surface area contributed by atoms with Crippen molar-refractivity contribution < 1.29 is 0 Å². The fourth-order valence-electron chi connectivity index (χ4n) is 2.28. The molecule has 20 heavy (non-hydrogen) atoms. The van der Waals surface area contributed by atoms with Crippen LogP contribution >= 0.6 is 0 Å². The van der Waals surface area contributed by atoms with Crippen LogP contribution in [0.15, 0.2) is 18.5 Å². The number of aryl methyl sites for hydroxylation is 2. The summed E-state index contributed by atoms with van der Waals surface area (Å²) >= 11 is 0. The number of rotatable bonds is 7. The van der Waals surface area contributed by atoms with Crippen molar-refractivity contribution >= 4 is 0 Å². The van der Waals surface area contributed by atoms with E-state index >= 15 is 0 Å². The van der Waals surface area contributed by atoms with Crippen LogP contribution in [0, 0.1) is 20.8 Å². The molecule has 0 spiro atoms. The monoisotopic (exact) mass is 275 g/mol. The molecule has 0 radical (unpaired) electrons. The van der Waals surface area contributed by atoms with E-state index in [0.717, 1.165) is 31.7 Å². The Labute approximate surface area is 121 Å². The molecule has 1 N–H and O–H groups in total. The van der Waals surface area contributed by atoms with Gasteiger partial charge >= 0.3 is 0 Å². The highest BCUT2D eigenvalue weighted by Gasteiger charge is 2.07. The van der Waals surface area contributed by atoms with Gasteiger partial charge in [-0.1, -0.05) is 0 Å². The molecule has 1 atom stereocenters. The van der Waals surface area contributed by atoms with Crippen molar-refractivity contribution in [1.82, 2.24) is 24.9 Å². The molecule has 0 saturated carbocycles. The Bertz CT molecular complexity index is 527. The number of hydrogen-bond acceptors (Lipinski definition) is 3. The van der Waals surface area contributed by atoms with Gasteiger partial charge in [-0.3, -0.25) is 9.36 Å². The van der Waals surface area contributed by atoms with E-state index in [4.69, 9.17) is 0 Å². The van der Waals surface area contributed by atoms with Gasteiger partial charge in [0.25, 0.3) is 0 Å². The molecule has 0 aliphatic rings. The summed E-state index contributed by atoms with van der Waals surface area (Å²) in [6.45, 7) is 11.4. The lowest BCUT2D eigenvalue weighted by atomic mass is 10.2. The van der Waals surface area contributed by atoms with Crippen molar-refractivity contribution in [2.75, 3.05) is 6.54 Å². The van der Waals surface area contributed by atoms with E-state index in [9.17, 15) is 0 Å². The van der Waals surface area contributed by atoms with Crippen LogP contribution in [0.3, 0.4) is 0 Å². The van der Waals surface area contributed by atoms with E-state index in [0.29, 0.717) is 6.04 Å². The molecule has 5 heteroatoms. The Morgan fingerprint density at radius 2 is 2.05 bits per heavy atom. The second-order valence-electron chi connectivity index (χ2n) is 5.43. The molecule has 2 rings (SSSR count). The molecule has 5 nitrogen and oxygen atoms in total. The van der Waals surface area contributed by atoms with E-state index in [2.05, 4.69) is 47.9 Å². The highest BCUT2D eigenvalue weighted by Crippen LogP contribution is 2.10. The van der Waals surface area contributed by atoms with Crippen molar-refractivity contribution in [3.8, 4) is 0 Å². The van der Waals surface area contributed by atoms with Gasteiger partial charge < -0.3 is 5.32 Å². The van der Waals surface area contributed by atoms with E-state index in [1.165, 1.54) is 11.3 Å². The van der Waals surface area contributed by atoms with Gasteiger partial charge in [0.15, 0.2) is 0 Å². The van der Waals surface area contributed by atoms with Gasteiger partial charge in [-0.05, 0) is 45.7 Å². The molecular formula is C15H25N5. The number of nitrogens with one attached hydrogen (secondary N) is 1. The third-order valence-electron chi connectivity index (χ3n) is 3.91. The SMILES string of the molecule is Cc1nn(CCN[C@@H](C)CCn2cccn2)c(C)c1C. The van der Waals surface area contributed by atoms with Crippen LogP contribution in [0.4, 0.5) is 0 Å². The standard InChI is InChI=1S/C15H25N5/c1-12(6-10-19-9-5-7-17-19)16-8-11-20-15(4)13(2)14(3)18-20/h5,7,9,12,16H,6,8,10-11H2,1-4H3/t12-/m0/s1. The topological polar surface area (TPSA) is 47.7 Å². The molecule has 0 amide bonds. The highest BCUT2D eigenvalue weighted by molar-refractivity contribution is 5.22. The van der Waals surface area contributed by atoms with Crippen LogP contribution in [0.1, 0.15) is 30.3 Å². The van der Waals surface area contributed by atoms with Gasteiger partial charge in [0.1, 0.15) is 0 Å². The van der Waals surface area contributed by atoms with Crippen molar-refractivity contribution in [2.45, 2.75) is 53.2 Å². The molecule has 0 saturated heterocycles. The van der Waals surface area contributed by atoms with Gasteiger partial charge in [0.05, 0.1) is 12.2 Å². The zero-order valence-electron chi connectivity index (χ0n) is 12.9. The fourth-order valence-corrected chi connectivity index (χ4v) is 2.28. The van der Waals surface area contributed by atoms with Gasteiger partial charge in [-0.25, -0.2) is 0 Å². The average molecular weight is 275 g/mol. The number of aromatic nitrogens is 4. The summed E-state index contributed by atoms with van der Waals surface area (Å²) in [5, 5.41) is 12.3. The van der Waals surface area contributed by atoms with Crippen LogP contribution in [-0.4, -0.2) is 32.1 Å². The average Bonchev–Trinajstić information content (AvgIpc) is 3.02. The Kier molecular flexibility index (Phi) is 4.95. The first-order valence-electron chi connectivity index (χ1n) is 7.29. The van der Waals surface area contributed by atoms with Crippen molar-refractivity contribution in [1.29, 1.82) is 0 Å². The van der Waals surface area contributed by atoms with Crippen LogP contribution in [0.2, 0.25) is 0 Å². The van der Waals surface area contributed by atoms with Crippen LogP contribution in [0.5, 0.6) is 0 Å². The predicted octanol–water partition coefficient (Wildman–Crippen LogP) is 2.07. The molecule has 110 valence electrons. The van der Waals surface area contributed by atoms with Crippen molar-refractivity contribution in [2.24, 2.45) is 0 Å². The zero-order valence-corrected chi connectivity index (χ0v) is 12.9. The second kappa shape index (κ2) is 6.70. The molecule has 0 fully saturated rings. The molecule has 0 unspecified atom stereocenters. The molecule has 0 aliphatic heterocycles. The molecule has 2 aromatic rings. The first-order chi connectivity index (χ1) is 9.58. The van der Waals surface area contributed by atoms with Crippen LogP contribution < -0.4 is 5.32 Å². The molecule has 0 aromatic carbocycles. The van der Waals surface area contributed by atoms with Gasteiger partial charge in [0.2, 0.25) is 0 Å². The minimum atomic E-state index is 0.484. The Hall–Kier alpha value is -1.62. The van der Waals surface area contributed by atoms with E-state index in [1.807, 2.05) is 23.1 Å². The summed E-state index contributed by atoms with van der Waals surface area (Å²) in [5.74, 6) is 0. The molecule has 0 aliphatic carbocycles. The quantitative estimate of drug-likeness (QED) is 0.841. The van der Waals surface area contributed by atoms with E-state index < -0.39 is 0 Å². The largest absolute Gasteiger partial charge is 0.312 e. The summed E-state index contributed by atoms with van der Waals surface area (Å²) < 4.78 is 4.07. The van der Waals surface area contributed by atoms with Gasteiger partial charge in [-0.2, -0.15) is 10.2 Å². The van der Waals surface area contributed by atoms with E-state index in [-0.39, 0.29) is 0 Å². The molecule has 2 aromatic heterocycles. The third kappa shape index (κ3) is 3.70. The predicted molar refractivity (Wildman–Crippen MR) is 80.7 cm³/mol. The first-order valence-corrected chi connectivity index (χ1v) is 7.29. The van der Waals surface area contributed by atoms with Gasteiger partial charge in [-0.15, -0.1) is 0 Å². The summed E-state index contributed by atoms with van der Waals surface area (Å²) in [6.07, 6.45) is 4.91. The van der Waals surface area contributed by atoms with Crippen molar-refractivity contribution in [3.63, 3.8) is 0 Å². The Morgan fingerprint density at radius 3 is 2.65 bits per heavy atom. The lowest BCUT2D eigenvalue weighted by Gasteiger charge is -2.14. The normalized spacial score (nSPS) is 12.8. The summed E-state index contributed by atoms with van der Waals surface area (Å²) in [4.78, 5) is 0. The first kappa shape index (κ1) is 14.8. The lowest BCUT2D eigenvalue weighted by molar-refractivity contribution is 0.437. The van der Waals surface area contributed by atoms with E-state index in [1.54, 1.807) is 0 Å². The number of nitrogens with zero attached hydrogens (tertiary/aromatic N) is 4. The highest BCUT2D eigenvalue weighted by atomic mass is 15.3.